The molecule has 0 radical (unpaired) electrons. The Kier molecular flexibility index (Phi) is 4.30. The molecule has 92 valence electrons. The SMILES string of the molecule is [2H]C(C(=O)C(=O)OC(C)C)C(C)c1ccccc1. The van der Waals surface area contributed by atoms with E-state index in [0.29, 0.717) is 0 Å². The van der Waals surface area contributed by atoms with Gasteiger partial charge in [0, 0.05) is 7.77 Å². The summed E-state index contributed by atoms with van der Waals surface area (Å²) in [4.78, 5) is 23.2. The molecule has 1 rings (SSSR count). The number of ether oxygens (including phenoxy) is 1. The van der Waals surface area contributed by atoms with E-state index in [0.717, 1.165) is 5.56 Å². The molecule has 0 fully saturated rings. The molecular formula is C14H18O3. The van der Waals surface area contributed by atoms with E-state index in [2.05, 4.69) is 0 Å². The van der Waals surface area contributed by atoms with Crippen molar-refractivity contribution in [2.75, 3.05) is 0 Å². The predicted octanol–water partition coefficient (Wildman–Crippen LogP) is 2.70. The molecule has 0 heterocycles. The van der Waals surface area contributed by atoms with Gasteiger partial charge in [0.05, 0.1) is 6.10 Å². The molecule has 2 unspecified atom stereocenters. The van der Waals surface area contributed by atoms with Gasteiger partial charge in [-0.15, -0.1) is 0 Å². The van der Waals surface area contributed by atoms with Crippen LogP contribution in [0.2, 0.25) is 0 Å². The summed E-state index contributed by atoms with van der Waals surface area (Å²) < 4.78 is 12.7. The van der Waals surface area contributed by atoms with Crippen molar-refractivity contribution in [3.8, 4) is 0 Å². The van der Waals surface area contributed by atoms with Crippen LogP contribution < -0.4 is 0 Å². The molecule has 1 aromatic carbocycles. The van der Waals surface area contributed by atoms with Crippen LogP contribution in [0.5, 0.6) is 0 Å². The van der Waals surface area contributed by atoms with Gasteiger partial charge in [0.25, 0.3) is 0 Å². The first-order valence-electron chi connectivity index (χ1n) is 6.23. The lowest BCUT2D eigenvalue weighted by molar-refractivity contribution is -0.156. The molecule has 3 nitrogen and oxygen atoms in total. The Morgan fingerprint density at radius 2 is 1.82 bits per heavy atom. The third-order valence-corrected chi connectivity index (χ3v) is 2.27. The topological polar surface area (TPSA) is 43.4 Å². The van der Waals surface area contributed by atoms with E-state index in [4.69, 9.17) is 6.11 Å². The molecular weight excluding hydrogens is 216 g/mol. The van der Waals surface area contributed by atoms with Gasteiger partial charge in [0.2, 0.25) is 5.78 Å². The van der Waals surface area contributed by atoms with E-state index < -0.39 is 18.1 Å². The summed E-state index contributed by atoms with van der Waals surface area (Å²) in [6.45, 7) is 5.10. The van der Waals surface area contributed by atoms with Crippen molar-refractivity contribution in [3.63, 3.8) is 0 Å². The Morgan fingerprint density at radius 3 is 2.35 bits per heavy atom. The zero-order valence-electron chi connectivity index (χ0n) is 11.3. The van der Waals surface area contributed by atoms with Gasteiger partial charge in [0.15, 0.2) is 0 Å². The maximum Gasteiger partial charge on any atom is 0.374 e. The van der Waals surface area contributed by atoms with Crippen molar-refractivity contribution in [2.45, 2.75) is 39.2 Å². The highest BCUT2D eigenvalue weighted by atomic mass is 16.5. The second-order valence-electron chi connectivity index (χ2n) is 4.18. The zero-order valence-corrected chi connectivity index (χ0v) is 10.3. The summed E-state index contributed by atoms with van der Waals surface area (Å²) in [5.74, 6) is -2.05. The Bertz CT molecular complexity index is 414. The third kappa shape index (κ3) is 4.39. The Morgan fingerprint density at radius 1 is 1.24 bits per heavy atom. The zero-order chi connectivity index (χ0) is 13.7. The standard InChI is InChI=1S/C14H18O3/c1-10(2)17-14(16)13(15)9-11(3)12-7-5-4-6-8-12/h4-8,10-11H,9H2,1-3H3/i9D. The summed E-state index contributed by atoms with van der Waals surface area (Å²) in [6.07, 6.45) is -1.47. The highest BCUT2D eigenvalue weighted by molar-refractivity contribution is 6.33. The van der Waals surface area contributed by atoms with E-state index in [9.17, 15) is 9.59 Å². The molecule has 3 heteroatoms. The van der Waals surface area contributed by atoms with Crippen LogP contribution in [0.4, 0.5) is 0 Å². The largest absolute Gasteiger partial charge is 0.457 e. The number of esters is 1. The van der Waals surface area contributed by atoms with Crippen molar-refractivity contribution in [1.82, 2.24) is 0 Å². The first-order chi connectivity index (χ1) is 8.43. The Labute approximate surface area is 103 Å². The molecule has 2 atom stereocenters. The van der Waals surface area contributed by atoms with Crippen LogP contribution in [-0.2, 0) is 14.3 Å². The van der Waals surface area contributed by atoms with Crippen molar-refractivity contribution in [3.05, 3.63) is 35.9 Å². The van der Waals surface area contributed by atoms with E-state index in [1.807, 2.05) is 30.3 Å². The van der Waals surface area contributed by atoms with Gasteiger partial charge < -0.3 is 4.74 Å². The summed E-state index contributed by atoms with van der Waals surface area (Å²) in [6, 6.07) is 9.23. The second kappa shape index (κ2) is 6.18. The van der Waals surface area contributed by atoms with E-state index in [1.54, 1.807) is 20.8 Å². The second-order valence-corrected chi connectivity index (χ2v) is 4.18. The van der Waals surface area contributed by atoms with Crippen molar-refractivity contribution >= 4 is 11.8 Å². The third-order valence-electron chi connectivity index (χ3n) is 2.27. The average molecular weight is 235 g/mol. The van der Waals surface area contributed by atoms with Gasteiger partial charge in [-0.25, -0.2) is 4.79 Å². The van der Waals surface area contributed by atoms with Gasteiger partial charge in [0.1, 0.15) is 0 Å². The normalized spacial score (nSPS) is 14.9. The Hall–Kier alpha value is -1.64. The fourth-order valence-corrected chi connectivity index (χ4v) is 1.42. The quantitative estimate of drug-likeness (QED) is 0.582. The monoisotopic (exact) mass is 235 g/mol. The summed E-state index contributed by atoms with van der Waals surface area (Å²) in [7, 11) is 0. The number of Topliss-reactive ketones (excluding diaryl/α,β-unsaturated/α-hetero) is 1. The molecule has 0 aliphatic heterocycles. The number of benzene rings is 1. The lowest BCUT2D eigenvalue weighted by Gasteiger charge is -2.11. The smallest absolute Gasteiger partial charge is 0.374 e. The molecule has 0 aliphatic rings. The highest BCUT2D eigenvalue weighted by Gasteiger charge is 2.20. The van der Waals surface area contributed by atoms with Crippen molar-refractivity contribution < 1.29 is 15.7 Å². The minimum absolute atomic E-state index is 0.335. The van der Waals surface area contributed by atoms with Crippen LogP contribution >= 0.6 is 0 Å². The maximum absolute atomic E-state index is 11.7. The first-order valence-corrected chi connectivity index (χ1v) is 5.65. The number of ketones is 1. The van der Waals surface area contributed by atoms with Crippen LogP contribution in [0.3, 0.4) is 0 Å². The van der Waals surface area contributed by atoms with Gasteiger partial charge >= 0.3 is 5.97 Å². The number of carbonyl (C=O) groups excluding carboxylic acids is 2. The molecule has 1 aromatic rings. The van der Waals surface area contributed by atoms with Gasteiger partial charge in [-0.2, -0.15) is 0 Å². The van der Waals surface area contributed by atoms with Gasteiger partial charge in [-0.3, -0.25) is 4.79 Å². The molecule has 0 aliphatic carbocycles. The molecule has 0 N–H and O–H groups in total. The molecule has 0 aromatic heterocycles. The number of carbonyl (C=O) groups is 2. The average Bonchev–Trinajstić information content (AvgIpc) is 2.36. The van der Waals surface area contributed by atoms with Crippen molar-refractivity contribution in [1.29, 1.82) is 0 Å². The van der Waals surface area contributed by atoms with Gasteiger partial charge in [-0.1, -0.05) is 37.3 Å². The molecule has 0 spiro atoms. The lowest BCUT2D eigenvalue weighted by Crippen LogP contribution is -2.22. The first kappa shape index (κ1) is 11.8. The summed E-state index contributed by atoms with van der Waals surface area (Å²) in [5, 5.41) is 0. The minimum atomic E-state index is -1.13. The van der Waals surface area contributed by atoms with E-state index in [1.165, 1.54) is 0 Å². The van der Waals surface area contributed by atoms with Crippen LogP contribution in [-0.4, -0.2) is 17.9 Å². The number of rotatable bonds is 5. The fraction of sp³-hybridized carbons (Fsp3) is 0.429. The molecule has 0 saturated heterocycles. The predicted molar refractivity (Wildman–Crippen MR) is 65.7 cm³/mol. The maximum atomic E-state index is 11.7. The summed E-state index contributed by atoms with van der Waals surface area (Å²) in [5.41, 5.74) is 0.864. The highest BCUT2D eigenvalue weighted by Crippen LogP contribution is 2.18. The number of hydrogen-bond donors (Lipinski definition) is 0. The van der Waals surface area contributed by atoms with E-state index in [-0.39, 0.29) is 12.0 Å². The van der Waals surface area contributed by atoms with Crippen LogP contribution in [0, 0.1) is 0 Å². The molecule has 0 amide bonds. The van der Waals surface area contributed by atoms with Crippen molar-refractivity contribution in [2.24, 2.45) is 0 Å². The Balaban J connectivity index is 2.72. The van der Waals surface area contributed by atoms with Crippen LogP contribution in [0.1, 0.15) is 40.0 Å². The van der Waals surface area contributed by atoms with Gasteiger partial charge in [-0.05, 0) is 25.3 Å². The lowest BCUT2D eigenvalue weighted by atomic mass is 9.96. The summed E-state index contributed by atoms with van der Waals surface area (Å²) >= 11 is 0. The van der Waals surface area contributed by atoms with E-state index >= 15 is 0 Å². The molecule has 0 bridgehead atoms. The van der Waals surface area contributed by atoms with Crippen LogP contribution in [0.25, 0.3) is 0 Å². The molecule has 0 saturated carbocycles. The molecule has 17 heavy (non-hydrogen) atoms. The minimum Gasteiger partial charge on any atom is -0.457 e. The number of hydrogen-bond acceptors (Lipinski definition) is 3. The fourth-order valence-electron chi connectivity index (χ4n) is 1.42. The van der Waals surface area contributed by atoms with Crippen LogP contribution in [0.15, 0.2) is 30.3 Å².